The third-order valence-corrected chi connectivity index (χ3v) is 7.68. The standard InChI is InChI=1S/C26H37N5O4/c1-26(2,3)35-25(34)31-15-20-19(21(20)16-31)14-29-10-12-30(13-11-29)18-6-4-17(5-7-18)27-22-8-9-23(32)28-24(22)33/h4-7,19-22,27H,8-16H2,1-3H3,(H,28,32,33). The minimum absolute atomic E-state index is 0.171. The normalized spacial score (nSPS) is 29.0. The Bertz CT molecular complexity index is 955. The summed E-state index contributed by atoms with van der Waals surface area (Å²) in [6.07, 6.45) is 0.724. The van der Waals surface area contributed by atoms with Crippen molar-refractivity contribution in [2.75, 3.05) is 56.0 Å². The molecule has 3 heterocycles. The molecule has 1 aromatic carbocycles. The Labute approximate surface area is 207 Å². The summed E-state index contributed by atoms with van der Waals surface area (Å²) in [5.41, 5.74) is 1.64. The van der Waals surface area contributed by atoms with Crippen LogP contribution in [-0.4, -0.2) is 85.2 Å². The smallest absolute Gasteiger partial charge is 0.410 e. The fourth-order valence-corrected chi connectivity index (χ4v) is 5.68. The Hall–Kier alpha value is -2.81. The number of fused-ring (bicyclic) bond motifs is 1. The molecule has 3 atom stereocenters. The van der Waals surface area contributed by atoms with E-state index < -0.39 is 5.60 Å². The van der Waals surface area contributed by atoms with Crippen molar-refractivity contribution >= 4 is 29.3 Å². The van der Waals surface area contributed by atoms with Crippen LogP contribution in [0.25, 0.3) is 0 Å². The molecular weight excluding hydrogens is 446 g/mol. The number of benzene rings is 1. The first-order valence-electron chi connectivity index (χ1n) is 12.8. The molecule has 9 heteroatoms. The highest BCUT2D eigenvalue weighted by atomic mass is 16.6. The monoisotopic (exact) mass is 483 g/mol. The number of nitrogens with zero attached hydrogens (tertiary/aromatic N) is 3. The van der Waals surface area contributed by atoms with Gasteiger partial charge in [0.2, 0.25) is 11.8 Å². The molecule has 4 aliphatic rings. The van der Waals surface area contributed by atoms with Crippen LogP contribution in [0.3, 0.4) is 0 Å². The number of anilines is 2. The zero-order valence-corrected chi connectivity index (χ0v) is 21.0. The lowest BCUT2D eigenvalue weighted by Crippen LogP contribution is -2.47. The molecule has 2 N–H and O–H groups in total. The van der Waals surface area contributed by atoms with Gasteiger partial charge in [0, 0.05) is 63.6 Å². The lowest BCUT2D eigenvalue weighted by atomic mass is 10.1. The van der Waals surface area contributed by atoms with E-state index in [4.69, 9.17) is 4.74 Å². The molecule has 3 saturated heterocycles. The molecule has 190 valence electrons. The van der Waals surface area contributed by atoms with E-state index in [9.17, 15) is 14.4 Å². The Morgan fingerprint density at radius 3 is 2.31 bits per heavy atom. The summed E-state index contributed by atoms with van der Waals surface area (Å²) >= 11 is 0. The van der Waals surface area contributed by atoms with Crippen LogP contribution in [0, 0.1) is 17.8 Å². The van der Waals surface area contributed by atoms with Gasteiger partial charge < -0.3 is 19.9 Å². The molecular formula is C26H37N5O4. The van der Waals surface area contributed by atoms with E-state index in [1.54, 1.807) is 0 Å². The number of carbonyl (C=O) groups is 3. The van der Waals surface area contributed by atoms with Gasteiger partial charge in [-0.05, 0) is 69.2 Å². The molecule has 0 spiro atoms. The predicted octanol–water partition coefficient (Wildman–Crippen LogP) is 2.14. The van der Waals surface area contributed by atoms with Crippen molar-refractivity contribution in [1.29, 1.82) is 0 Å². The minimum Gasteiger partial charge on any atom is -0.444 e. The van der Waals surface area contributed by atoms with Crippen LogP contribution in [0.1, 0.15) is 33.6 Å². The van der Waals surface area contributed by atoms with E-state index in [1.165, 1.54) is 5.69 Å². The average Bonchev–Trinajstić information content (AvgIpc) is 3.23. The maximum Gasteiger partial charge on any atom is 0.410 e. The molecule has 1 aliphatic carbocycles. The highest BCUT2D eigenvalue weighted by Gasteiger charge is 2.57. The molecule has 1 saturated carbocycles. The van der Waals surface area contributed by atoms with Gasteiger partial charge in [-0.2, -0.15) is 0 Å². The van der Waals surface area contributed by atoms with Crippen molar-refractivity contribution in [1.82, 2.24) is 15.1 Å². The number of amides is 3. The number of ether oxygens (including phenoxy) is 1. The molecule has 3 aliphatic heterocycles. The lowest BCUT2D eigenvalue weighted by Gasteiger charge is -2.36. The van der Waals surface area contributed by atoms with Gasteiger partial charge in [0.05, 0.1) is 0 Å². The van der Waals surface area contributed by atoms with E-state index in [0.29, 0.717) is 30.6 Å². The van der Waals surface area contributed by atoms with Crippen LogP contribution in [-0.2, 0) is 14.3 Å². The van der Waals surface area contributed by atoms with Gasteiger partial charge >= 0.3 is 6.09 Å². The Morgan fingerprint density at radius 1 is 1.06 bits per heavy atom. The number of piperidine rings is 2. The maximum atomic E-state index is 12.3. The van der Waals surface area contributed by atoms with Gasteiger partial charge in [-0.25, -0.2) is 4.79 Å². The van der Waals surface area contributed by atoms with Gasteiger partial charge in [0.25, 0.3) is 0 Å². The average molecular weight is 484 g/mol. The fraction of sp³-hybridized carbons (Fsp3) is 0.654. The first-order chi connectivity index (χ1) is 16.7. The summed E-state index contributed by atoms with van der Waals surface area (Å²) in [6, 6.07) is 7.85. The quantitative estimate of drug-likeness (QED) is 0.620. The number of likely N-dealkylation sites (tertiary alicyclic amines) is 1. The van der Waals surface area contributed by atoms with E-state index in [-0.39, 0.29) is 23.9 Å². The summed E-state index contributed by atoms with van der Waals surface area (Å²) in [7, 11) is 0. The maximum absolute atomic E-state index is 12.3. The van der Waals surface area contributed by atoms with Gasteiger partial charge in [-0.15, -0.1) is 0 Å². The second kappa shape index (κ2) is 9.33. The van der Waals surface area contributed by atoms with Crippen LogP contribution >= 0.6 is 0 Å². The predicted molar refractivity (Wildman–Crippen MR) is 133 cm³/mol. The van der Waals surface area contributed by atoms with Crippen molar-refractivity contribution in [3.63, 3.8) is 0 Å². The Morgan fingerprint density at radius 2 is 1.71 bits per heavy atom. The van der Waals surface area contributed by atoms with Crippen LogP contribution in [0.5, 0.6) is 0 Å². The number of imide groups is 1. The van der Waals surface area contributed by atoms with Gasteiger partial charge in [0.1, 0.15) is 11.6 Å². The van der Waals surface area contributed by atoms with Gasteiger partial charge in [-0.3, -0.25) is 19.8 Å². The van der Waals surface area contributed by atoms with Crippen LogP contribution < -0.4 is 15.5 Å². The molecule has 5 rings (SSSR count). The van der Waals surface area contributed by atoms with E-state index in [0.717, 1.165) is 51.5 Å². The van der Waals surface area contributed by atoms with Crippen LogP contribution in [0.2, 0.25) is 0 Å². The molecule has 3 unspecified atom stereocenters. The highest BCUT2D eigenvalue weighted by molar-refractivity contribution is 6.01. The number of piperazine rings is 1. The Kier molecular flexibility index (Phi) is 6.38. The molecule has 4 fully saturated rings. The van der Waals surface area contributed by atoms with E-state index in [2.05, 4.69) is 32.6 Å². The summed E-state index contributed by atoms with van der Waals surface area (Å²) < 4.78 is 5.52. The summed E-state index contributed by atoms with van der Waals surface area (Å²) in [4.78, 5) is 42.4. The Balaban J connectivity index is 1.04. The highest BCUT2D eigenvalue weighted by Crippen LogP contribution is 2.52. The zero-order chi connectivity index (χ0) is 24.7. The third kappa shape index (κ3) is 5.55. The molecule has 35 heavy (non-hydrogen) atoms. The summed E-state index contributed by atoms with van der Waals surface area (Å²) in [6.45, 7) is 12.6. The molecule has 0 aromatic heterocycles. The second-order valence-corrected chi connectivity index (χ2v) is 11.4. The largest absolute Gasteiger partial charge is 0.444 e. The van der Waals surface area contributed by atoms with Crippen molar-refractivity contribution in [2.24, 2.45) is 17.8 Å². The SMILES string of the molecule is CC(C)(C)OC(=O)N1CC2C(CN3CCN(c4ccc(NC5CCC(=O)NC5=O)cc4)CC3)C2C1. The summed E-state index contributed by atoms with van der Waals surface area (Å²) in [5.74, 6) is 1.52. The second-order valence-electron chi connectivity index (χ2n) is 11.4. The van der Waals surface area contributed by atoms with Crippen molar-refractivity contribution in [3.8, 4) is 0 Å². The van der Waals surface area contributed by atoms with Crippen molar-refractivity contribution in [2.45, 2.75) is 45.3 Å². The third-order valence-electron chi connectivity index (χ3n) is 7.68. The molecule has 3 amide bonds. The fourth-order valence-electron chi connectivity index (χ4n) is 5.68. The number of hydrogen-bond donors (Lipinski definition) is 2. The topological polar surface area (TPSA) is 94.2 Å². The number of carbonyl (C=O) groups excluding carboxylic acids is 3. The van der Waals surface area contributed by atoms with Crippen molar-refractivity contribution < 1.29 is 19.1 Å². The minimum atomic E-state index is -0.437. The van der Waals surface area contributed by atoms with E-state index >= 15 is 0 Å². The first kappa shape index (κ1) is 23.9. The molecule has 9 nitrogen and oxygen atoms in total. The number of hydrogen-bond acceptors (Lipinski definition) is 7. The number of rotatable bonds is 5. The molecule has 0 radical (unpaired) electrons. The summed E-state index contributed by atoms with van der Waals surface area (Å²) in [5, 5.41) is 5.62. The lowest BCUT2D eigenvalue weighted by molar-refractivity contribution is -0.133. The van der Waals surface area contributed by atoms with Crippen molar-refractivity contribution in [3.05, 3.63) is 24.3 Å². The van der Waals surface area contributed by atoms with E-state index in [1.807, 2.05) is 37.8 Å². The molecule has 1 aromatic rings. The zero-order valence-electron chi connectivity index (χ0n) is 21.0. The first-order valence-corrected chi connectivity index (χ1v) is 12.8. The van der Waals surface area contributed by atoms with Crippen LogP contribution in [0.4, 0.5) is 16.2 Å². The van der Waals surface area contributed by atoms with Crippen LogP contribution in [0.15, 0.2) is 24.3 Å². The van der Waals surface area contributed by atoms with Gasteiger partial charge in [0.15, 0.2) is 0 Å². The number of nitrogens with one attached hydrogen (secondary N) is 2. The van der Waals surface area contributed by atoms with Gasteiger partial charge in [-0.1, -0.05) is 0 Å². The molecule has 0 bridgehead atoms.